The molecular weight excluding hydrogens is 294 g/mol. The summed E-state index contributed by atoms with van der Waals surface area (Å²) in [5, 5.41) is 10.8. The van der Waals surface area contributed by atoms with Crippen molar-refractivity contribution in [2.24, 2.45) is 0 Å². The van der Waals surface area contributed by atoms with Gasteiger partial charge in [0.25, 0.3) is 0 Å². The highest BCUT2D eigenvalue weighted by Crippen LogP contribution is 2.34. The van der Waals surface area contributed by atoms with Gasteiger partial charge in [-0.05, 0) is 42.8 Å². The third-order valence-corrected chi connectivity index (χ3v) is 4.00. The van der Waals surface area contributed by atoms with Crippen LogP contribution in [-0.2, 0) is 4.79 Å². The van der Waals surface area contributed by atoms with Gasteiger partial charge in [-0.15, -0.1) is 0 Å². The number of fused-ring (bicyclic) bond motifs is 2. The van der Waals surface area contributed by atoms with Gasteiger partial charge in [0.1, 0.15) is 0 Å². The van der Waals surface area contributed by atoms with Gasteiger partial charge in [-0.2, -0.15) is 5.10 Å². The number of ether oxygens (including phenoxy) is 2. The van der Waals surface area contributed by atoms with Crippen molar-refractivity contribution in [3.8, 4) is 11.5 Å². The molecule has 0 bridgehead atoms. The van der Waals surface area contributed by atoms with Crippen LogP contribution in [0.3, 0.4) is 0 Å². The second kappa shape index (κ2) is 5.31. The van der Waals surface area contributed by atoms with Crippen molar-refractivity contribution in [1.82, 2.24) is 10.2 Å². The van der Waals surface area contributed by atoms with Crippen molar-refractivity contribution in [2.75, 3.05) is 12.1 Å². The SMILES string of the molecule is C[C@H](C(=O)Nc1ccc2[nH]ncc2c1)c1ccc2c(c1)OCO2. The number of H-pyrrole nitrogens is 1. The predicted octanol–water partition coefficient (Wildman–Crippen LogP) is 3.03. The largest absolute Gasteiger partial charge is 0.454 e. The van der Waals surface area contributed by atoms with E-state index in [4.69, 9.17) is 9.47 Å². The van der Waals surface area contributed by atoms with E-state index >= 15 is 0 Å². The van der Waals surface area contributed by atoms with Crippen LogP contribution in [0.4, 0.5) is 5.69 Å². The first-order chi connectivity index (χ1) is 11.2. The van der Waals surface area contributed by atoms with Gasteiger partial charge in [-0.1, -0.05) is 6.07 Å². The van der Waals surface area contributed by atoms with Gasteiger partial charge >= 0.3 is 0 Å². The first kappa shape index (κ1) is 13.6. The molecule has 2 heterocycles. The lowest BCUT2D eigenvalue weighted by atomic mass is 9.99. The van der Waals surface area contributed by atoms with Crippen LogP contribution in [0.2, 0.25) is 0 Å². The highest BCUT2D eigenvalue weighted by atomic mass is 16.7. The minimum Gasteiger partial charge on any atom is -0.454 e. The number of benzene rings is 2. The molecule has 0 unspecified atom stereocenters. The summed E-state index contributed by atoms with van der Waals surface area (Å²) >= 11 is 0. The topological polar surface area (TPSA) is 76.2 Å². The van der Waals surface area contributed by atoms with Crippen molar-refractivity contribution < 1.29 is 14.3 Å². The van der Waals surface area contributed by atoms with Gasteiger partial charge in [0.15, 0.2) is 11.5 Å². The fourth-order valence-corrected chi connectivity index (χ4v) is 2.60. The summed E-state index contributed by atoms with van der Waals surface area (Å²) in [5.41, 5.74) is 2.57. The smallest absolute Gasteiger partial charge is 0.231 e. The van der Waals surface area contributed by atoms with Gasteiger partial charge in [0, 0.05) is 11.1 Å². The normalized spacial score (nSPS) is 14.0. The number of nitrogens with zero attached hydrogens (tertiary/aromatic N) is 1. The standard InChI is InChI=1S/C17H15N3O3/c1-10(11-2-5-15-16(7-11)23-9-22-15)17(21)19-13-3-4-14-12(6-13)8-18-20-14/h2-8,10H,9H2,1H3,(H,18,20)(H,19,21)/t10-/m0/s1. The van der Waals surface area contributed by atoms with Gasteiger partial charge in [0.05, 0.1) is 17.6 Å². The monoisotopic (exact) mass is 309 g/mol. The van der Waals surface area contributed by atoms with Gasteiger partial charge in [0.2, 0.25) is 12.7 Å². The fraction of sp³-hybridized carbons (Fsp3) is 0.176. The van der Waals surface area contributed by atoms with Crippen LogP contribution in [0.15, 0.2) is 42.6 Å². The van der Waals surface area contributed by atoms with Crippen LogP contribution in [0, 0.1) is 0 Å². The number of anilines is 1. The van der Waals surface area contributed by atoms with E-state index in [1.54, 1.807) is 6.20 Å². The summed E-state index contributed by atoms with van der Waals surface area (Å²) < 4.78 is 10.7. The molecule has 3 aromatic rings. The lowest BCUT2D eigenvalue weighted by Crippen LogP contribution is -2.18. The van der Waals surface area contributed by atoms with Gasteiger partial charge in [-0.25, -0.2) is 0 Å². The van der Waals surface area contributed by atoms with E-state index < -0.39 is 0 Å². The lowest BCUT2D eigenvalue weighted by molar-refractivity contribution is -0.117. The Labute approximate surface area is 132 Å². The van der Waals surface area contributed by atoms with E-state index in [2.05, 4.69) is 15.5 Å². The number of carbonyl (C=O) groups excluding carboxylic acids is 1. The Hall–Kier alpha value is -3.02. The predicted molar refractivity (Wildman–Crippen MR) is 85.7 cm³/mol. The maximum Gasteiger partial charge on any atom is 0.231 e. The molecular formula is C17H15N3O3. The van der Waals surface area contributed by atoms with E-state index in [1.165, 1.54) is 0 Å². The van der Waals surface area contributed by atoms with Crippen molar-refractivity contribution in [2.45, 2.75) is 12.8 Å². The Kier molecular flexibility index (Phi) is 3.15. The van der Waals surface area contributed by atoms with Crippen molar-refractivity contribution >= 4 is 22.5 Å². The third kappa shape index (κ3) is 2.48. The lowest BCUT2D eigenvalue weighted by Gasteiger charge is -2.13. The number of carbonyl (C=O) groups is 1. The highest BCUT2D eigenvalue weighted by Gasteiger charge is 2.20. The molecule has 0 fully saturated rings. The molecule has 0 saturated carbocycles. The number of rotatable bonds is 3. The molecule has 1 aliphatic heterocycles. The summed E-state index contributed by atoms with van der Waals surface area (Å²) in [7, 11) is 0. The maximum absolute atomic E-state index is 12.5. The summed E-state index contributed by atoms with van der Waals surface area (Å²) in [6, 6.07) is 11.2. The number of hydrogen-bond donors (Lipinski definition) is 2. The number of aromatic nitrogens is 2. The molecule has 0 aliphatic carbocycles. The molecule has 6 heteroatoms. The third-order valence-electron chi connectivity index (χ3n) is 4.00. The van der Waals surface area contributed by atoms with Crippen LogP contribution in [0.1, 0.15) is 18.4 Å². The highest BCUT2D eigenvalue weighted by molar-refractivity contribution is 5.97. The molecule has 4 rings (SSSR count). The first-order valence-electron chi connectivity index (χ1n) is 7.34. The molecule has 1 aromatic heterocycles. The molecule has 0 radical (unpaired) electrons. The van der Waals surface area contributed by atoms with Crippen LogP contribution in [0.5, 0.6) is 11.5 Å². The molecule has 2 aromatic carbocycles. The molecule has 0 saturated heterocycles. The molecule has 1 atom stereocenters. The quantitative estimate of drug-likeness (QED) is 0.779. The zero-order valence-corrected chi connectivity index (χ0v) is 12.5. The average molecular weight is 309 g/mol. The zero-order chi connectivity index (χ0) is 15.8. The van der Waals surface area contributed by atoms with E-state index in [-0.39, 0.29) is 18.6 Å². The molecule has 6 nitrogen and oxygen atoms in total. The Morgan fingerprint density at radius 2 is 2.09 bits per heavy atom. The number of amides is 1. The van der Waals surface area contributed by atoms with Crippen LogP contribution in [-0.4, -0.2) is 22.9 Å². The summed E-state index contributed by atoms with van der Waals surface area (Å²) in [6.07, 6.45) is 1.73. The summed E-state index contributed by atoms with van der Waals surface area (Å²) in [6.45, 7) is 2.09. The molecule has 116 valence electrons. The summed E-state index contributed by atoms with van der Waals surface area (Å²) in [4.78, 5) is 12.5. The van der Waals surface area contributed by atoms with E-state index in [9.17, 15) is 4.79 Å². The first-order valence-corrected chi connectivity index (χ1v) is 7.34. The molecule has 23 heavy (non-hydrogen) atoms. The van der Waals surface area contributed by atoms with E-state index in [0.717, 1.165) is 22.2 Å². The molecule has 1 aliphatic rings. The Morgan fingerprint density at radius 1 is 1.22 bits per heavy atom. The fourth-order valence-electron chi connectivity index (χ4n) is 2.60. The Morgan fingerprint density at radius 3 is 3.00 bits per heavy atom. The number of aromatic amines is 1. The molecule has 0 spiro atoms. The molecule has 1 amide bonds. The summed E-state index contributed by atoms with van der Waals surface area (Å²) in [5.74, 6) is 1.02. The maximum atomic E-state index is 12.5. The number of nitrogens with one attached hydrogen (secondary N) is 2. The van der Waals surface area contributed by atoms with Gasteiger partial charge < -0.3 is 14.8 Å². The van der Waals surface area contributed by atoms with Crippen molar-refractivity contribution in [3.05, 3.63) is 48.2 Å². The van der Waals surface area contributed by atoms with Gasteiger partial charge in [-0.3, -0.25) is 9.89 Å². The van der Waals surface area contributed by atoms with Crippen LogP contribution >= 0.6 is 0 Å². The van der Waals surface area contributed by atoms with Crippen molar-refractivity contribution in [1.29, 1.82) is 0 Å². The minimum absolute atomic E-state index is 0.0771. The molecule has 2 N–H and O–H groups in total. The second-order valence-corrected chi connectivity index (χ2v) is 5.50. The zero-order valence-electron chi connectivity index (χ0n) is 12.5. The van der Waals surface area contributed by atoms with E-state index in [1.807, 2.05) is 43.3 Å². The van der Waals surface area contributed by atoms with Crippen molar-refractivity contribution in [3.63, 3.8) is 0 Å². The minimum atomic E-state index is -0.301. The Bertz CT molecular complexity index is 888. The van der Waals surface area contributed by atoms with Crippen LogP contribution in [0.25, 0.3) is 10.9 Å². The Balaban J connectivity index is 1.53. The second-order valence-electron chi connectivity index (χ2n) is 5.50. The van der Waals surface area contributed by atoms with E-state index in [0.29, 0.717) is 11.5 Å². The van der Waals surface area contributed by atoms with Crippen LogP contribution < -0.4 is 14.8 Å². The number of hydrogen-bond acceptors (Lipinski definition) is 4. The average Bonchev–Trinajstić information content (AvgIpc) is 3.21.